The Bertz CT molecular complexity index is 617. The minimum atomic E-state index is -0.114. The maximum absolute atomic E-state index is 12.0. The van der Waals surface area contributed by atoms with E-state index in [1.807, 2.05) is 11.4 Å². The first kappa shape index (κ1) is 16.0. The molecule has 1 aliphatic heterocycles. The molecule has 2 heterocycles. The van der Waals surface area contributed by atoms with Gasteiger partial charge in [-0.1, -0.05) is 30.3 Å². The Morgan fingerprint density at radius 2 is 2.26 bits per heavy atom. The lowest BCUT2D eigenvalue weighted by Crippen LogP contribution is -2.43. The van der Waals surface area contributed by atoms with E-state index in [2.05, 4.69) is 51.7 Å². The van der Waals surface area contributed by atoms with Crippen molar-refractivity contribution in [1.29, 1.82) is 0 Å². The van der Waals surface area contributed by atoms with Crippen molar-refractivity contribution in [3.8, 4) is 0 Å². The lowest BCUT2D eigenvalue weighted by molar-refractivity contribution is 0.231. The van der Waals surface area contributed by atoms with E-state index in [1.165, 1.54) is 16.9 Å². The third kappa shape index (κ3) is 4.30. The van der Waals surface area contributed by atoms with Crippen LogP contribution in [0.1, 0.15) is 30.6 Å². The third-order valence-electron chi connectivity index (χ3n) is 4.30. The van der Waals surface area contributed by atoms with Crippen LogP contribution in [0.25, 0.3) is 0 Å². The lowest BCUT2D eigenvalue weighted by atomic mass is 10.1. The first-order chi connectivity index (χ1) is 11.2. The molecule has 0 unspecified atom stereocenters. The van der Waals surface area contributed by atoms with Crippen molar-refractivity contribution in [1.82, 2.24) is 20.5 Å². The van der Waals surface area contributed by atoms with Gasteiger partial charge in [-0.2, -0.15) is 0 Å². The molecule has 0 radical (unpaired) electrons. The standard InChI is InChI=1S/C17H22N4OS/c1-13(14-5-3-2-4-6-14)21-8-7-15(10-21)20-17(22)18-9-16-11-23-12-19-16/h2-6,11-13,15H,7-10H2,1H3,(H2,18,20,22)/t13-,15+/m1/s1. The van der Waals surface area contributed by atoms with Gasteiger partial charge >= 0.3 is 6.03 Å². The van der Waals surface area contributed by atoms with E-state index in [0.717, 1.165) is 25.2 Å². The van der Waals surface area contributed by atoms with E-state index in [-0.39, 0.29) is 12.1 Å². The van der Waals surface area contributed by atoms with Crippen molar-refractivity contribution in [2.75, 3.05) is 13.1 Å². The second-order valence-electron chi connectivity index (χ2n) is 5.87. The van der Waals surface area contributed by atoms with Crippen LogP contribution in [0.5, 0.6) is 0 Å². The van der Waals surface area contributed by atoms with E-state index in [1.54, 1.807) is 5.51 Å². The van der Waals surface area contributed by atoms with Crippen LogP contribution in [0.4, 0.5) is 4.79 Å². The van der Waals surface area contributed by atoms with Crippen molar-refractivity contribution >= 4 is 17.4 Å². The Labute approximate surface area is 140 Å². The van der Waals surface area contributed by atoms with Crippen LogP contribution < -0.4 is 10.6 Å². The van der Waals surface area contributed by atoms with Crippen LogP contribution in [0, 0.1) is 0 Å². The summed E-state index contributed by atoms with van der Waals surface area (Å²) in [5.41, 5.74) is 3.99. The summed E-state index contributed by atoms with van der Waals surface area (Å²) in [6, 6.07) is 11.0. The maximum atomic E-state index is 12.0. The van der Waals surface area contributed by atoms with Gasteiger partial charge in [0.15, 0.2) is 0 Å². The largest absolute Gasteiger partial charge is 0.334 e. The highest BCUT2D eigenvalue weighted by atomic mass is 32.1. The van der Waals surface area contributed by atoms with Crippen molar-refractivity contribution in [2.45, 2.75) is 32.0 Å². The molecule has 0 saturated carbocycles. The summed E-state index contributed by atoms with van der Waals surface area (Å²) in [7, 11) is 0. The average molecular weight is 330 g/mol. The van der Waals surface area contributed by atoms with E-state index in [4.69, 9.17) is 0 Å². The van der Waals surface area contributed by atoms with Gasteiger partial charge in [0.2, 0.25) is 0 Å². The highest BCUT2D eigenvalue weighted by Crippen LogP contribution is 2.24. The number of urea groups is 1. The summed E-state index contributed by atoms with van der Waals surface area (Å²) >= 11 is 1.54. The highest BCUT2D eigenvalue weighted by molar-refractivity contribution is 7.07. The summed E-state index contributed by atoms with van der Waals surface area (Å²) in [6.07, 6.45) is 0.987. The van der Waals surface area contributed by atoms with Crippen molar-refractivity contribution in [3.05, 3.63) is 52.5 Å². The molecule has 0 bridgehead atoms. The van der Waals surface area contributed by atoms with Gasteiger partial charge in [0, 0.05) is 30.6 Å². The first-order valence-corrected chi connectivity index (χ1v) is 8.87. The van der Waals surface area contributed by atoms with E-state index < -0.39 is 0 Å². The van der Waals surface area contributed by atoms with E-state index >= 15 is 0 Å². The average Bonchev–Trinajstić information content (AvgIpc) is 3.25. The van der Waals surface area contributed by atoms with Gasteiger partial charge < -0.3 is 10.6 Å². The maximum Gasteiger partial charge on any atom is 0.315 e. The van der Waals surface area contributed by atoms with Gasteiger partial charge in [-0.15, -0.1) is 11.3 Å². The lowest BCUT2D eigenvalue weighted by Gasteiger charge is -2.24. The normalized spacial score (nSPS) is 19.4. The van der Waals surface area contributed by atoms with Crippen LogP contribution in [0.2, 0.25) is 0 Å². The van der Waals surface area contributed by atoms with Crippen molar-refractivity contribution in [3.63, 3.8) is 0 Å². The highest BCUT2D eigenvalue weighted by Gasteiger charge is 2.27. The minimum absolute atomic E-state index is 0.114. The summed E-state index contributed by atoms with van der Waals surface area (Å²) < 4.78 is 0. The van der Waals surface area contributed by atoms with Gasteiger partial charge in [-0.05, 0) is 18.9 Å². The molecular weight excluding hydrogens is 308 g/mol. The Morgan fingerprint density at radius 3 is 3.00 bits per heavy atom. The number of amides is 2. The van der Waals surface area contributed by atoms with Gasteiger partial charge in [0.1, 0.15) is 0 Å². The van der Waals surface area contributed by atoms with Crippen LogP contribution in [-0.2, 0) is 6.54 Å². The van der Waals surface area contributed by atoms with Gasteiger partial charge in [-0.25, -0.2) is 9.78 Å². The zero-order chi connectivity index (χ0) is 16.1. The summed E-state index contributed by atoms with van der Waals surface area (Å²) in [5, 5.41) is 7.87. The van der Waals surface area contributed by atoms with Gasteiger partial charge in [0.25, 0.3) is 0 Å². The number of nitrogens with one attached hydrogen (secondary N) is 2. The Kier molecular flexibility index (Phi) is 5.25. The van der Waals surface area contributed by atoms with Gasteiger partial charge in [-0.3, -0.25) is 4.90 Å². The second-order valence-corrected chi connectivity index (χ2v) is 6.59. The molecule has 2 amide bonds. The number of nitrogens with zero attached hydrogens (tertiary/aromatic N) is 2. The summed E-state index contributed by atoms with van der Waals surface area (Å²) in [4.78, 5) is 18.5. The molecule has 6 heteroatoms. The number of carbonyl (C=O) groups is 1. The molecule has 1 aromatic carbocycles. The molecule has 122 valence electrons. The SMILES string of the molecule is C[C@H](c1ccccc1)N1CC[C@H](NC(=O)NCc2cscn2)C1. The fraction of sp³-hybridized carbons (Fsp3) is 0.412. The van der Waals surface area contributed by atoms with Crippen LogP contribution in [0.15, 0.2) is 41.2 Å². The molecule has 1 aliphatic rings. The molecule has 23 heavy (non-hydrogen) atoms. The molecule has 1 fully saturated rings. The predicted octanol–water partition coefficient (Wildman–Crippen LogP) is 2.78. The van der Waals surface area contributed by atoms with Crippen molar-refractivity contribution < 1.29 is 4.79 Å². The number of thiazole rings is 1. The predicted molar refractivity (Wildman–Crippen MR) is 92.3 cm³/mol. The third-order valence-corrected chi connectivity index (χ3v) is 4.93. The molecule has 2 aromatic rings. The Balaban J connectivity index is 1.45. The molecule has 5 nitrogen and oxygen atoms in total. The van der Waals surface area contributed by atoms with Crippen LogP contribution in [-0.4, -0.2) is 35.0 Å². The fourth-order valence-electron chi connectivity index (χ4n) is 2.93. The smallest absolute Gasteiger partial charge is 0.315 e. The molecular formula is C17H22N4OS. The minimum Gasteiger partial charge on any atom is -0.334 e. The molecule has 3 rings (SSSR count). The number of rotatable bonds is 5. The Morgan fingerprint density at radius 1 is 1.43 bits per heavy atom. The Hall–Kier alpha value is -1.92. The summed E-state index contributed by atoms with van der Waals surface area (Å²) in [6.45, 7) is 4.60. The number of likely N-dealkylation sites (tertiary alicyclic amines) is 1. The van der Waals surface area contributed by atoms with Crippen LogP contribution >= 0.6 is 11.3 Å². The number of hydrogen-bond donors (Lipinski definition) is 2. The van der Waals surface area contributed by atoms with Gasteiger partial charge in [0.05, 0.1) is 17.7 Å². The monoisotopic (exact) mass is 330 g/mol. The fourth-order valence-corrected chi connectivity index (χ4v) is 3.49. The molecule has 1 saturated heterocycles. The topological polar surface area (TPSA) is 57.3 Å². The molecule has 2 atom stereocenters. The molecule has 2 N–H and O–H groups in total. The number of benzene rings is 1. The number of hydrogen-bond acceptors (Lipinski definition) is 4. The zero-order valence-electron chi connectivity index (χ0n) is 13.2. The molecule has 0 spiro atoms. The van der Waals surface area contributed by atoms with E-state index in [0.29, 0.717) is 12.6 Å². The quantitative estimate of drug-likeness (QED) is 0.886. The summed E-state index contributed by atoms with van der Waals surface area (Å²) in [5.74, 6) is 0. The number of carbonyl (C=O) groups excluding carboxylic acids is 1. The number of aromatic nitrogens is 1. The zero-order valence-corrected chi connectivity index (χ0v) is 14.1. The first-order valence-electron chi connectivity index (χ1n) is 7.93. The van der Waals surface area contributed by atoms with E-state index in [9.17, 15) is 4.79 Å². The molecule has 1 aromatic heterocycles. The molecule has 0 aliphatic carbocycles. The second kappa shape index (κ2) is 7.57. The van der Waals surface area contributed by atoms with Crippen molar-refractivity contribution in [2.24, 2.45) is 0 Å². The van der Waals surface area contributed by atoms with Crippen LogP contribution in [0.3, 0.4) is 0 Å².